The van der Waals surface area contributed by atoms with Crippen molar-refractivity contribution in [3.63, 3.8) is 0 Å². The van der Waals surface area contributed by atoms with E-state index in [1.165, 1.54) is 0 Å². The van der Waals surface area contributed by atoms with E-state index in [0.29, 0.717) is 5.56 Å². The number of carbonyl (C=O) groups excluding carboxylic acids is 1. The zero-order chi connectivity index (χ0) is 13.0. The molecule has 1 N–H and O–H groups in total. The van der Waals surface area contributed by atoms with Crippen molar-refractivity contribution in [3.05, 3.63) is 54.2 Å². The fraction of sp³-hybridized carbons (Fsp3) is 0.143. The number of carbonyl (C=O) groups is 1. The molecular formula is C14H15N3O. The molecule has 2 aromatic rings. The summed E-state index contributed by atoms with van der Waals surface area (Å²) in [6.07, 6.45) is 1.58. The highest BCUT2D eigenvalue weighted by molar-refractivity contribution is 6.05. The van der Waals surface area contributed by atoms with Gasteiger partial charge in [-0.15, -0.1) is 0 Å². The molecule has 4 nitrogen and oxygen atoms in total. The van der Waals surface area contributed by atoms with Crippen LogP contribution in [0.5, 0.6) is 0 Å². The number of hydrogen-bond acceptors (Lipinski definition) is 3. The Bertz CT molecular complexity index is 522. The van der Waals surface area contributed by atoms with Gasteiger partial charge >= 0.3 is 0 Å². The van der Waals surface area contributed by atoms with Crippen molar-refractivity contribution in [2.24, 2.45) is 0 Å². The molecule has 1 amide bonds. The molecule has 0 atom stereocenters. The van der Waals surface area contributed by atoms with Crippen LogP contribution in [0.1, 0.15) is 10.4 Å². The Balaban J connectivity index is 2.20. The first-order valence-corrected chi connectivity index (χ1v) is 5.69. The van der Waals surface area contributed by atoms with Gasteiger partial charge in [0.2, 0.25) is 0 Å². The van der Waals surface area contributed by atoms with Crippen LogP contribution in [-0.4, -0.2) is 25.0 Å². The van der Waals surface area contributed by atoms with E-state index in [0.717, 1.165) is 11.5 Å². The number of amides is 1. The van der Waals surface area contributed by atoms with Crippen LogP contribution in [0.15, 0.2) is 48.7 Å². The fourth-order valence-corrected chi connectivity index (χ4v) is 1.63. The van der Waals surface area contributed by atoms with Crippen LogP contribution in [0.25, 0.3) is 0 Å². The number of nitrogens with zero attached hydrogens (tertiary/aromatic N) is 2. The second-order valence-corrected chi connectivity index (χ2v) is 3.88. The summed E-state index contributed by atoms with van der Waals surface area (Å²) >= 11 is 0. The molecule has 1 aromatic heterocycles. The highest BCUT2D eigenvalue weighted by Gasteiger charge is 2.13. The van der Waals surface area contributed by atoms with Gasteiger partial charge in [-0.25, -0.2) is 4.98 Å². The van der Waals surface area contributed by atoms with Crippen molar-refractivity contribution in [1.29, 1.82) is 0 Å². The van der Waals surface area contributed by atoms with Gasteiger partial charge in [-0.1, -0.05) is 18.2 Å². The van der Waals surface area contributed by atoms with Crippen LogP contribution in [0.2, 0.25) is 0 Å². The number of hydrogen-bond donors (Lipinski definition) is 1. The molecule has 2 rings (SSSR count). The second-order valence-electron chi connectivity index (χ2n) is 3.88. The van der Waals surface area contributed by atoms with Crippen LogP contribution in [0.3, 0.4) is 0 Å². The van der Waals surface area contributed by atoms with Gasteiger partial charge in [-0.3, -0.25) is 4.79 Å². The van der Waals surface area contributed by atoms with Crippen molar-refractivity contribution >= 4 is 17.4 Å². The minimum Gasteiger partial charge on any atom is -0.373 e. The van der Waals surface area contributed by atoms with E-state index in [1.807, 2.05) is 30.3 Å². The van der Waals surface area contributed by atoms with Crippen LogP contribution < -0.4 is 10.2 Å². The molecule has 0 saturated carbocycles. The first-order chi connectivity index (χ1) is 8.72. The number of nitrogens with one attached hydrogen (secondary N) is 1. The molecule has 0 bridgehead atoms. The van der Waals surface area contributed by atoms with Crippen LogP contribution in [0.4, 0.5) is 11.5 Å². The summed E-state index contributed by atoms with van der Waals surface area (Å²) in [4.78, 5) is 18.0. The Kier molecular flexibility index (Phi) is 3.57. The summed E-state index contributed by atoms with van der Waals surface area (Å²) < 4.78 is 0. The average molecular weight is 241 g/mol. The maximum Gasteiger partial charge on any atom is 0.259 e. The molecule has 0 aliphatic heterocycles. The summed E-state index contributed by atoms with van der Waals surface area (Å²) in [6.45, 7) is 0. The van der Waals surface area contributed by atoms with E-state index in [-0.39, 0.29) is 5.91 Å². The normalized spacial score (nSPS) is 9.89. The number of benzene rings is 1. The van der Waals surface area contributed by atoms with Gasteiger partial charge in [0.1, 0.15) is 5.82 Å². The maximum atomic E-state index is 12.2. The van der Waals surface area contributed by atoms with Crippen molar-refractivity contribution in [2.75, 3.05) is 24.3 Å². The largest absolute Gasteiger partial charge is 0.373 e. The highest BCUT2D eigenvalue weighted by atomic mass is 16.2. The van der Waals surface area contributed by atoms with Gasteiger partial charge < -0.3 is 10.2 Å². The minimum absolute atomic E-state index is 0.0728. The molecule has 18 heavy (non-hydrogen) atoms. The number of pyridine rings is 1. The van der Waals surface area contributed by atoms with E-state index in [1.54, 1.807) is 37.3 Å². The standard InChI is InChI=1S/C14H15N3O/c1-15-13-9-8-11(10-16-13)14(18)17(2)12-6-4-3-5-7-12/h3-10H,1-2H3,(H,15,16). The summed E-state index contributed by atoms with van der Waals surface area (Å²) in [6, 6.07) is 13.1. The van der Waals surface area contributed by atoms with Crippen LogP contribution >= 0.6 is 0 Å². The number of para-hydroxylation sites is 1. The molecule has 0 unspecified atom stereocenters. The molecule has 0 aliphatic carbocycles. The van der Waals surface area contributed by atoms with E-state index >= 15 is 0 Å². The van der Waals surface area contributed by atoms with Gasteiger partial charge in [0.15, 0.2) is 0 Å². The fourth-order valence-electron chi connectivity index (χ4n) is 1.63. The molecule has 0 saturated heterocycles. The minimum atomic E-state index is -0.0728. The first kappa shape index (κ1) is 12.1. The monoisotopic (exact) mass is 241 g/mol. The van der Waals surface area contributed by atoms with Crippen LogP contribution in [0, 0.1) is 0 Å². The number of aromatic nitrogens is 1. The zero-order valence-corrected chi connectivity index (χ0v) is 10.4. The molecule has 0 aliphatic rings. The van der Waals surface area contributed by atoms with Gasteiger partial charge in [0.25, 0.3) is 5.91 Å². The van der Waals surface area contributed by atoms with Crippen molar-refractivity contribution in [3.8, 4) is 0 Å². The van der Waals surface area contributed by atoms with E-state index < -0.39 is 0 Å². The molecule has 0 spiro atoms. The molecule has 0 radical (unpaired) electrons. The topological polar surface area (TPSA) is 45.2 Å². The lowest BCUT2D eigenvalue weighted by Gasteiger charge is -2.17. The maximum absolute atomic E-state index is 12.2. The lowest BCUT2D eigenvalue weighted by Crippen LogP contribution is -2.26. The molecule has 92 valence electrons. The highest BCUT2D eigenvalue weighted by Crippen LogP contribution is 2.15. The Morgan fingerprint density at radius 1 is 1.17 bits per heavy atom. The predicted molar refractivity (Wildman–Crippen MR) is 73.0 cm³/mol. The molecular weight excluding hydrogens is 226 g/mol. The molecule has 1 heterocycles. The lowest BCUT2D eigenvalue weighted by atomic mass is 10.2. The van der Waals surface area contributed by atoms with E-state index in [2.05, 4.69) is 10.3 Å². The second kappa shape index (κ2) is 5.31. The van der Waals surface area contributed by atoms with Crippen molar-refractivity contribution in [1.82, 2.24) is 4.98 Å². The third-order valence-corrected chi connectivity index (χ3v) is 2.71. The zero-order valence-electron chi connectivity index (χ0n) is 10.4. The Hall–Kier alpha value is -2.36. The summed E-state index contributed by atoms with van der Waals surface area (Å²) in [5, 5.41) is 2.92. The van der Waals surface area contributed by atoms with E-state index in [9.17, 15) is 4.79 Å². The average Bonchev–Trinajstić information content (AvgIpc) is 2.47. The summed E-state index contributed by atoms with van der Waals surface area (Å²) in [5.41, 5.74) is 1.43. The first-order valence-electron chi connectivity index (χ1n) is 5.69. The number of rotatable bonds is 3. The molecule has 0 fully saturated rings. The van der Waals surface area contributed by atoms with Gasteiger partial charge in [-0.2, -0.15) is 0 Å². The molecule has 4 heteroatoms. The Labute approximate surface area is 106 Å². The smallest absolute Gasteiger partial charge is 0.259 e. The Morgan fingerprint density at radius 3 is 2.44 bits per heavy atom. The van der Waals surface area contributed by atoms with Gasteiger partial charge in [0.05, 0.1) is 5.56 Å². The van der Waals surface area contributed by atoms with E-state index in [4.69, 9.17) is 0 Å². The summed E-state index contributed by atoms with van der Waals surface area (Å²) in [7, 11) is 3.55. The predicted octanol–water partition coefficient (Wildman–Crippen LogP) is 2.40. The Morgan fingerprint density at radius 2 is 1.89 bits per heavy atom. The lowest BCUT2D eigenvalue weighted by molar-refractivity contribution is 0.0992. The van der Waals surface area contributed by atoms with Crippen molar-refractivity contribution < 1.29 is 4.79 Å². The van der Waals surface area contributed by atoms with Gasteiger partial charge in [0, 0.05) is 26.0 Å². The third-order valence-electron chi connectivity index (χ3n) is 2.71. The summed E-state index contributed by atoms with van der Waals surface area (Å²) in [5.74, 6) is 0.672. The van der Waals surface area contributed by atoms with Gasteiger partial charge in [-0.05, 0) is 24.3 Å². The number of anilines is 2. The molecule has 1 aromatic carbocycles. The third kappa shape index (κ3) is 2.48. The quantitative estimate of drug-likeness (QED) is 0.897. The van der Waals surface area contributed by atoms with Crippen LogP contribution in [-0.2, 0) is 0 Å². The van der Waals surface area contributed by atoms with Crippen molar-refractivity contribution in [2.45, 2.75) is 0 Å². The SMILES string of the molecule is CNc1ccc(C(=O)N(C)c2ccccc2)cn1.